The third-order valence-corrected chi connectivity index (χ3v) is 4.18. The van der Waals surface area contributed by atoms with Crippen LogP contribution in [0, 0.1) is 0 Å². The third kappa shape index (κ3) is 6.85. The largest absolute Gasteiger partial charge is 0.480 e. The fourth-order valence-electron chi connectivity index (χ4n) is 3.01. The molecule has 0 saturated heterocycles. The molecule has 2 N–H and O–H groups in total. The summed E-state index contributed by atoms with van der Waals surface area (Å²) in [6, 6.07) is -1.81. The van der Waals surface area contributed by atoms with E-state index in [-0.39, 0.29) is 13.0 Å². The first-order valence-corrected chi connectivity index (χ1v) is 9.76. The fraction of sp³-hybridized carbons (Fsp3) is 0.650. The number of rotatable bonds is 4. The lowest BCUT2D eigenvalue weighted by atomic mass is 9.96. The number of hydrogen-bond donors (Lipinski definition) is 2. The molecule has 2 rings (SSSR count). The second kappa shape index (κ2) is 8.85. The fourth-order valence-corrected chi connectivity index (χ4v) is 3.01. The zero-order valence-electron chi connectivity index (χ0n) is 18.3. The van der Waals surface area contributed by atoms with Gasteiger partial charge in [0.15, 0.2) is 0 Å². The minimum Gasteiger partial charge on any atom is -0.480 e. The van der Waals surface area contributed by atoms with Crippen LogP contribution in [0.5, 0.6) is 0 Å². The van der Waals surface area contributed by atoms with Crippen LogP contribution in [0.15, 0.2) is 12.4 Å². The highest BCUT2D eigenvalue weighted by atomic mass is 16.6. The molecule has 2 amide bonds. The van der Waals surface area contributed by atoms with Crippen molar-refractivity contribution in [1.29, 1.82) is 0 Å². The highest BCUT2D eigenvalue weighted by Gasteiger charge is 2.37. The maximum Gasteiger partial charge on any atom is 0.410 e. The third-order valence-electron chi connectivity index (χ3n) is 4.18. The molecule has 10 nitrogen and oxygen atoms in total. The molecular weight excluding hydrogens is 392 g/mol. The van der Waals surface area contributed by atoms with Crippen LogP contribution < -0.4 is 5.32 Å². The van der Waals surface area contributed by atoms with E-state index in [9.17, 15) is 19.5 Å². The van der Waals surface area contributed by atoms with Crippen molar-refractivity contribution in [2.24, 2.45) is 0 Å². The molecule has 0 aromatic carbocycles. The van der Waals surface area contributed by atoms with Crippen molar-refractivity contribution < 1.29 is 29.0 Å². The quantitative estimate of drug-likeness (QED) is 0.757. The summed E-state index contributed by atoms with van der Waals surface area (Å²) in [7, 11) is 0. The molecule has 0 radical (unpaired) electrons. The number of aromatic nitrogens is 2. The summed E-state index contributed by atoms with van der Waals surface area (Å²) in [5.41, 5.74) is -0.171. The Morgan fingerprint density at radius 2 is 1.67 bits per heavy atom. The van der Waals surface area contributed by atoms with Crippen LogP contribution >= 0.6 is 0 Å². The number of carboxylic acid groups (broad SMARTS) is 1. The van der Waals surface area contributed by atoms with Gasteiger partial charge >= 0.3 is 18.2 Å². The van der Waals surface area contributed by atoms with Gasteiger partial charge in [0.2, 0.25) is 0 Å². The molecule has 166 valence electrons. The number of fused-ring (bicyclic) bond motifs is 1. The van der Waals surface area contributed by atoms with E-state index in [4.69, 9.17) is 9.47 Å². The number of hydrogen-bond acceptors (Lipinski definition) is 7. The predicted octanol–water partition coefficient (Wildman–Crippen LogP) is 2.51. The van der Waals surface area contributed by atoms with Crippen LogP contribution in [0.2, 0.25) is 0 Å². The van der Waals surface area contributed by atoms with Gasteiger partial charge in [-0.05, 0) is 48.0 Å². The van der Waals surface area contributed by atoms with Gasteiger partial charge in [-0.1, -0.05) is 0 Å². The van der Waals surface area contributed by atoms with Gasteiger partial charge in [-0.15, -0.1) is 0 Å². The minimum atomic E-state index is -1.26. The van der Waals surface area contributed by atoms with Gasteiger partial charge in [0.05, 0.1) is 17.9 Å². The maximum absolute atomic E-state index is 12.8. The molecule has 1 aliphatic rings. The van der Waals surface area contributed by atoms with Crippen LogP contribution in [0.4, 0.5) is 9.59 Å². The Labute approximate surface area is 176 Å². The van der Waals surface area contributed by atoms with Gasteiger partial charge in [-0.3, -0.25) is 14.9 Å². The molecule has 10 heteroatoms. The molecule has 0 saturated carbocycles. The molecular formula is C20H30N4O6. The average Bonchev–Trinajstić information content (AvgIpc) is 2.57. The summed E-state index contributed by atoms with van der Waals surface area (Å²) < 4.78 is 10.7. The number of carbonyl (C=O) groups is 3. The number of nitrogens with one attached hydrogen (secondary N) is 1. The Morgan fingerprint density at radius 1 is 1.10 bits per heavy atom. The topological polar surface area (TPSA) is 131 Å². The number of alkyl carbamates (subject to hydrolysis) is 1. The second-order valence-electron chi connectivity index (χ2n) is 9.19. The predicted molar refractivity (Wildman–Crippen MR) is 107 cm³/mol. The molecule has 1 aromatic heterocycles. The minimum absolute atomic E-state index is 0.0379. The summed E-state index contributed by atoms with van der Waals surface area (Å²) in [5, 5.41) is 12.0. The summed E-state index contributed by atoms with van der Waals surface area (Å²) in [6.45, 7) is 10.4. The van der Waals surface area contributed by atoms with E-state index in [0.717, 1.165) is 0 Å². The van der Waals surface area contributed by atoms with Crippen molar-refractivity contribution in [3.8, 4) is 0 Å². The lowest BCUT2D eigenvalue weighted by Gasteiger charge is -2.37. The number of ether oxygens (including phenoxy) is 2. The van der Waals surface area contributed by atoms with Crippen LogP contribution in [-0.2, 0) is 27.2 Å². The molecule has 2 unspecified atom stereocenters. The molecule has 0 aliphatic carbocycles. The first-order chi connectivity index (χ1) is 13.7. The SMILES string of the molecule is CC(C)(C)OC(=O)NC(CC1Cc2nccnc2CN1C(=O)OC(C)(C)C)C(=O)O. The number of nitrogens with zero attached hydrogens (tertiary/aromatic N) is 3. The molecule has 2 atom stereocenters. The van der Waals surface area contributed by atoms with Crippen molar-refractivity contribution in [2.45, 2.75) is 84.2 Å². The monoisotopic (exact) mass is 422 g/mol. The molecule has 0 bridgehead atoms. The van der Waals surface area contributed by atoms with Crippen LogP contribution in [0.25, 0.3) is 0 Å². The van der Waals surface area contributed by atoms with Gasteiger partial charge in [0.25, 0.3) is 0 Å². The van der Waals surface area contributed by atoms with Crippen LogP contribution in [0.1, 0.15) is 59.4 Å². The zero-order chi connectivity index (χ0) is 22.7. The first kappa shape index (κ1) is 23.4. The Balaban J connectivity index is 2.23. The van der Waals surface area contributed by atoms with Gasteiger partial charge in [-0.25, -0.2) is 14.4 Å². The normalized spacial score (nSPS) is 17.5. The van der Waals surface area contributed by atoms with Crippen LogP contribution in [0.3, 0.4) is 0 Å². The number of carboxylic acids is 1. The van der Waals surface area contributed by atoms with Gasteiger partial charge < -0.3 is 19.9 Å². The maximum atomic E-state index is 12.8. The van der Waals surface area contributed by atoms with E-state index in [1.54, 1.807) is 47.7 Å². The average molecular weight is 422 g/mol. The van der Waals surface area contributed by atoms with Crippen molar-refractivity contribution in [3.63, 3.8) is 0 Å². The Kier molecular flexibility index (Phi) is 6.89. The second-order valence-corrected chi connectivity index (χ2v) is 9.19. The summed E-state index contributed by atoms with van der Waals surface area (Å²) in [4.78, 5) is 46.7. The van der Waals surface area contributed by atoms with Crippen molar-refractivity contribution in [1.82, 2.24) is 20.2 Å². The molecule has 0 fully saturated rings. The molecule has 2 heterocycles. The lowest BCUT2D eigenvalue weighted by Crippen LogP contribution is -2.52. The number of aliphatic carboxylic acids is 1. The number of carbonyl (C=O) groups excluding carboxylic acids is 2. The highest BCUT2D eigenvalue weighted by Crippen LogP contribution is 2.25. The van der Waals surface area contributed by atoms with Gasteiger partial charge in [0, 0.05) is 24.9 Å². The highest BCUT2D eigenvalue weighted by molar-refractivity contribution is 5.80. The van der Waals surface area contributed by atoms with E-state index in [1.165, 1.54) is 11.1 Å². The molecule has 1 aromatic rings. The van der Waals surface area contributed by atoms with Crippen molar-refractivity contribution in [2.75, 3.05) is 0 Å². The van der Waals surface area contributed by atoms with Gasteiger partial charge in [0.1, 0.15) is 17.2 Å². The summed E-state index contributed by atoms with van der Waals surface area (Å²) in [5.74, 6) is -1.23. The lowest BCUT2D eigenvalue weighted by molar-refractivity contribution is -0.140. The van der Waals surface area contributed by atoms with E-state index in [1.807, 2.05) is 0 Å². The Bertz CT molecular complexity index is 799. The van der Waals surface area contributed by atoms with E-state index in [2.05, 4.69) is 15.3 Å². The summed E-state index contributed by atoms with van der Waals surface area (Å²) in [6.07, 6.45) is 1.93. The van der Waals surface area contributed by atoms with Crippen LogP contribution in [-0.4, -0.2) is 61.4 Å². The number of amides is 2. The Morgan fingerprint density at radius 3 is 2.20 bits per heavy atom. The molecule has 1 aliphatic heterocycles. The Hall–Kier alpha value is -2.91. The van der Waals surface area contributed by atoms with E-state index < -0.39 is 41.4 Å². The molecule has 30 heavy (non-hydrogen) atoms. The van der Waals surface area contributed by atoms with Crippen molar-refractivity contribution >= 4 is 18.2 Å². The molecule has 0 spiro atoms. The zero-order valence-corrected chi connectivity index (χ0v) is 18.3. The standard InChI is InChI=1S/C20H30N4O6/c1-19(2,3)29-17(27)23-14(16(25)26)10-12-9-13-15(22-8-7-21-13)11-24(12)18(28)30-20(4,5)6/h7-8,12,14H,9-11H2,1-6H3,(H,23,27)(H,25,26). The van der Waals surface area contributed by atoms with Gasteiger partial charge in [-0.2, -0.15) is 0 Å². The summed E-state index contributed by atoms with van der Waals surface area (Å²) >= 11 is 0. The van der Waals surface area contributed by atoms with E-state index in [0.29, 0.717) is 17.8 Å². The first-order valence-electron chi connectivity index (χ1n) is 9.76. The smallest absolute Gasteiger partial charge is 0.410 e. The van der Waals surface area contributed by atoms with Crippen molar-refractivity contribution in [3.05, 3.63) is 23.8 Å². The van der Waals surface area contributed by atoms with E-state index >= 15 is 0 Å².